The molecule has 0 fully saturated rings. The first-order valence-electron chi connectivity index (χ1n) is 7.96. The number of pyridine rings is 2. The Morgan fingerprint density at radius 1 is 1.37 bits per heavy atom. The van der Waals surface area contributed by atoms with Crippen molar-refractivity contribution < 1.29 is 13.9 Å². The summed E-state index contributed by atoms with van der Waals surface area (Å²) in [7, 11) is 0. The first kappa shape index (κ1) is 18.1. The number of carbonyl (C=O) groups is 1. The molecule has 0 atom stereocenters. The lowest BCUT2D eigenvalue weighted by Gasteiger charge is -2.14. The van der Waals surface area contributed by atoms with E-state index in [9.17, 15) is 14.0 Å². The number of carbonyl (C=O) groups excluding carboxylic acids is 1. The molecule has 0 aliphatic rings. The first-order valence-corrected chi connectivity index (χ1v) is 7.96. The maximum absolute atomic E-state index is 13.8. The summed E-state index contributed by atoms with van der Waals surface area (Å²) >= 11 is 0. The van der Waals surface area contributed by atoms with E-state index in [1.165, 1.54) is 18.3 Å². The Hall–Kier alpha value is -3.75. The van der Waals surface area contributed by atoms with Crippen LogP contribution in [0.3, 0.4) is 0 Å². The second-order valence-corrected chi connectivity index (χ2v) is 5.65. The number of ether oxygens (including phenoxy) is 1. The minimum Gasteiger partial charge on any atom is -0.462 e. The van der Waals surface area contributed by atoms with Crippen molar-refractivity contribution in [2.24, 2.45) is 0 Å². The van der Waals surface area contributed by atoms with E-state index in [4.69, 9.17) is 21.6 Å². The van der Waals surface area contributed by atoms with E-state index in [0.717, 1.165) is 12.3 Å². The number of nitrogens with one attached hydrogen (secondary N) is 2. The number of fused-ring (bicyclic) bond motifs is 1. The molecule has 27 heavy (non-hydrogen) atoms. The molecule has 0 amide bonds. The fourth-order valence-electron chi connectivity index (χ4n) is 2.77. The molecule has 2 heterocycles. The van der Waals surface area contributed by atoms with E-state index in [1.807, 2.05) is 0 Å². The van der Waals surface area contributed by atoms with Crippen molar-refractivity contribution in [2.75, 3.05) is 18.1 Å². The molecule has 3 rings (SSSR count). The van der Waals surface area contributed by atoms with Crippen molar-refractivity contribution in [1.82, 2.24) is 9.97 Å². The van der Waals surface area contributed by atoms with E-state index in [1.54, 1.807) is 6.92 Å². The molecule has 0 aliphatic heterocycles. The number of hydrogen-bond donors (Lipinski definition) is 4. The largest absolute Gasteiger partial charge is 0.462 e. The van der Waals surface area contributed by atoms with Crippen LogP contribution in [0.2, 0.25) is 0 Å². The predicted octanol–water partition coefficient (Wildman–Crippen LogP) is 2.07. The Labute approximate surface area is 152 Å². The smallest absolute Gasteiger partial charge is 0.339 e. The van der Waals surface area contributed by atoms with Crippen molar-refractivity contribution in [1.29, 1.82) is 5.41 Å². The number of aromatic nitrogens is 2. The number of anilines is 2. The maximum Gasteiger partial charge on any atom is 0.339 e. The minimum atomic E-state index is -0.692. The second-order valence-electron chi connectivity index (χ2n) is 5.65. The van der Waals surface area contributed by atoms with Crippen LogP contribution in [0.25, 0.3) is 22.2 Å². The average Bonchev–Trinajstić information content (AvgIpc) is 2.65. The maximum atomic E-state index is 13.8. The number of H-pyrrole nitrogens is 1. The van der Waals surface area contributed by atoms with Gasteiger partial charge >= 0.3 is 5.97 Å². The van der Waals surface area contributed by atoms with Crippen molar-refractivity contribution >= 4 is 34.6 Å². The van der Waals surface area contributed by atoms with Crippen molar-refractivity contribution in [3.05, 3.63) is 51.7 Å². The number of aromatic amines is 1. The molecule has 0 spiro atoms. The Balaban J connectivity index is 2.36. The monoisotopic (exact) mass is 369 g/mol. The lowest BCUT2D eigenvalue weighted by molar-refractivity contribution is 0.0526. The lowest BCUT2D eigenvalue weighted by atomic mass is 9.96. The van der Waals surface area contributed by atoms with Gasteiger partial charge in [-0.05, 0) is 24.6 Å². The van der Waals surface area contributed by atoms with Gasteiger partial charge in [0.25, 0.3) is 5.56 Å². The summed E-state index contributed by atoms with van der Waals surface area (Å²) in [4.78, 5) is 31.0. The highest BCUT2D eigenvalue weighted by Gasteiger charge is 2.20. The van der Waals surface area contributed by atoms with Crippen LogP contribution in [-0.4, -0.2) is 28.8 Å². The van der Waals surface area contributed by atoms with Crippen LogP contribution >= 0.6 is 0 Å². The molecule has 1 aromatic carbocycles. The highest BCUT2D eigenvalue weighted by Crippen LogP contribution is 2.34. The van der Waals surface area contributed by atoms with Crippen LogP contribution in [0.5, 0.6) is 0 Å². The zero-order valence-electron chi connectivity index (χ0n) is 14.3. The molecule has 9 heteroatoms. The number of rotatable bonds is 4. The van der Waals surface area contributed by atoms with Crippen LogP contribution in [0.1, 0.15) is 22.8 Å². The number of halogens is 1. The summed E-state index contributed by atoms with van der Waals surface area (Å²) in [5.74, 6) is -1.28. The third kappa shape index (κ3) is 2.99. The van der Waals surface area contributed by atoms with Crippen molar-refractivity contribution in [3.8, 4) is 11.1 Å². The van der Waals surface area contributed by atoms with Gasteiger partial charge in [0, 0.05) is 23.5 Å². The standard InChI is InChI=1S/C18H16FN5O3/c1-2-27-18(26)8-5-12-16(23-7-8)13(15(22)17(25)24-12)9-3-4-11(19)14(21)10(9)6-20/h3-7,20H,2,21-22H2,1H3,(H,24,25). The van der Waals surface area contributed by atoms with E-state index in [0.29, 0.717) is 0 Å². The molecule has 0 saturated heterocycles. The van der Waals surface area contributed by atoms with Gasteiger partial charge in [0.15, 0.2) is 0 Å². The molecule has 3 aromatic rings. The Morgan fingerprint density at radius 3 is 2.78 bits per heavy atom. The summed E-state index contributed by atoms with van der Waals surface area (Å²) in [6.07, 6.45) is 2.17. The van der Waals surface area contributed by atoms with Gasteiger partial charge in [-0.15, -0.1) is 0 Å². The van der Waals surface area contributed by atoms with Gasteiger partial charge in [0.2, 0.25) is 0 Å². The highest BCUT2D eigenvalue weighted by atomic mass is 19.1. The van der Waals surface area contributed by atoms with Crippen LogP contribution in [-0.2, 0) is 4.74 Å². The normalized spacial score (nSPS) is 10.7. The lowest BCUT2D eigenvalue weighted by Crippen LogP contribution is -2.15. The Morgan fingerprint density at radius 2 is 2.11 bits per heavy atom. The first-order chi connectivity index (χ1) is 12.9. The van der Waals surface area contributed by atoms with Gasteiger partial charge in [-0.1, -0.05) is 6.07 Å². The molecular formula is C18H16FN5O3. The van der Waals surface area contributed by atoms with Crippen molar-refractivity contribution in [2.45, 2.75) is 6.92 Å². The quantitative estimate of drug-likeness (QED) is 0.314. The third-order valence-electron chi connectivity index (χ3n) is 4.05. The summed E-state index contributed by atoms with van der Waals surface area (Å²) in [5.41, 5.74) is 11.9. The number of nitrogen functional groups attached to an aromatic ring is 2. The predicted molar refractivity (Wildman–Crippen MR) is 100 cm³/mol. The molecular weight excluding hydrogens is 353 g/mol. The molecule has 2 aromatic heterocycles. The molecule has 0 radical (unpaired) electrons. The van der Waals surface area contributed by atoms with Gasteiger partial charge in [0.05, 0.1) is 28.9 Å². The third-order valence-corrected chi connectivity index (χ3v) is 4.05. The Kier molecular flexibility index (Phi) is 4.59. The Bertz CT molecular complexity index is 1140. The number of esters is 1. The number of hydrogen-bond acceptors (Lipinski definition) is 7. The fourth-order valence-corrected chi connectivity index (χ4v) is 2.77. The van der Waals surface area contributed by atoms with E-state index >= 15 is 0 Å². The fraction of sp³-hybridized carbons (Fsp3) is 0.111. The topological polar surface area (TPSA) is 148 Å². The summed E-state index contributed by atoms with van der Waals surface area (Å²) < 4.78 is 18.7. The highest BCUT2D eigenvalue weighted by molar-refractivity contribution is 6.05. The molecule has 6 N–H and O–H groups in total. The molecule has 0 saturated carbocycles. The van der Waals surface area contributed by atoms with E-state index in [2.05, 4.69) is 9.97 Å². The van der Waals surface area contributed by atoms with Crippen LogP contribution in [0.4, 0.5) is 15.8 Å². The summed E-state index contributed by atoms with van der Waals surface area (Å²) in [5, 5.41) is 7.56. The molecule has 138 valence electrons. The minimum absolute atomic E-state index is 0.0740. The number of benzene rings is 1. The van der Waals surface area contributed by atoms with Gasteiger partial charge < -0.3 is 26.6 Å². The average molecular weight is 369 g/mol. The van der Waals surface area contributed by atoms with Crippen molar-refractivity contribution in [3.63, 3.8) is 0 Å². The SMILES string of the molecule is CCOC(=O)c1cnc2c(-c3ccc(F)c(N)c3C=N)c(N)c(=O)[nH]c2c1. The molecule has 0 aliphatic carbocycles. The van der Waals surface area contributed by atoms with Crippen LogP contribution in [0, 0.1) is 11.2 Å². The second kappa shape index (κ2) is 6.87. The molecule has 0 bridgehead atoms. The van der Waals surface area contributed by atoms with Gasteiger partial charge in [-0.3, -0.25) is 9.78 Å². The zero-order valence-corrected chi connectivity index (χ0v) is 14.3. The van der Waals surface area contributed by atoms with Gasteiger partial charge in [0.1, 0.15) is 11.5 Å². The number of nitrogens with zero attached hydrogens (tertiary/aromatic N) is 1. The van der Waals surface area contributed by atoms with Crippen LogP contribution in [0.15, 0.2) is 29.2 Å². The van der Waals surface area contributed by atoms with Crippen LogP contribution < -0.4 is 17.0 Å². The number of nitrogens with two attached hydrogens (primary N) is 2. The molecule has 0 unspecified atom stereocenters. The summed E-state index contributed by atoms with van der Waals surface area (Å²) in [6, 6.07) is 3.91. The zero-order chi connectivity index (χ0) is 19.7. The van der Waals surface area contributed by atoms with E-state index in [-0.39, 0.29) is 51.3 Å². The molecule has 8 nitrogen and oxygen atoms in total. The van der Waals surface area contributed by atoms with Gasteiger partial charge in [-0.2, -0.15) is 0 Å². The van der Waals surface area contributed by atoms with E-state index < -0.39 is 17.3 Å². The van der Waals surface area contributed by atoms with Gasteiger partial charge in [-0.25, -0.2) is 9.18 Å². The summed E-state index contributed by atoms with van der Waals surface area (Å²) in [6.45, 7) is 1.86.